The van der Waals surface area contributed by atoms with E-state index in [4.69, 9.17) is 9.97 Å². The van der Waals surface area contributed by atoms with Gasteiger partial charge >= 0.3 is 0 Å². The van der Waals surface area contributed by atoms with Crippen LogP contribution < -0.4 is 0 Å². The molecule has 0 aliphatic rings. The van der Waals surface area contributed by atoms with E-state index in [2.05, 4.69) is 176 Å². The number of nitrogens with zero attached hydrogens (tertiary/aromatic N) is 2. The van der Waals surface area contributed by atoms with E-state index in [1.807, 2.05) is 17.5 Å². The molecule has 2 aromatic heterocycles. The van der Waals surface area contributed by atoms with Gasteiger partial charge in [-0.3, -0.25) is 4.98 Å². The lowest BCUT2D eigenvalue weighted by molar-refractivity contribution is 1.31. The highest BCUT2D eigenvalue weighted by Gasteiger charge is 2.14. The summed E-state index contributed by atoms with van der Waals surface area (Å²) < 4.78 is 2.68. The molecule has 0 atom stereocenters. The normalized spacial score (nSPS) is 11.8. The average molecular weight is 691 g/mol. The maximum absolute atomic E-state index is 5.22. The van der Waals surface area contributed by atoms with Crippen LogP contribution in [0.1, 0.15) is 0 Å². The molecular weight excluding hydrogens is 661 g/mol. The summed E-state index contributed by atoms with van der Waals surface area (Å²) >= 11 is 1.88. The number of hydrogen-bond donors (Lipinski definition) is 0. The maximum Gasteiger partial charge on any atom is 0.0979 e. The van der Waals surface area contributed by atoms with Crippen LogP contribution in [0.3, 0.4) is 0 Å². The fraction of sp³-hybridized carbons (Fsp3) is 0. The molecule has 0 unspecified atom stereocenters. The van der Waals surface area contributed by atoms with Crippen molar-refractivity contribution in [3.8, 4) is 44.6 Å². The Morgan fingerprint density at radius 1 is 0.358 bits per heavy atom. The molecule has 9 aromatic carbocycles. The van der Waals surface area contributed by atoms with Crippen LogP contribution in [0.4, 0.5) is 0 Å². The second kappa shape index (κ2) is 11.9. The molecule has 0 bridgehead atoms. The topological polar surface area (TPSA) is 25.8 Å². The molecule has 0 saturated heterocycles. The third-order valence-electron chi connectivity index (χ3n) is 10.7. The van der Waals surface area contributed by atoms with Gasteiger partial charge in [0, 0.05) is 36.5 Å². The summed E-state index contributed by atoms with van der Waals surface area (Å²) in [4.78, 5) is 10.2. The Morgan fingerprint density at radius 2 is 0.906 bits per heavy atom. The van der Waals surface area contributed by atoms with Gasteiger partial charge in [-0.15, -0.1) is 11.3 Å². The van der Waals surface area contributed by atoms with Gasteiger partial charge in [0.25, 0.3) is 0 Å². The van der Waals surface area contributed by atoms with Gasteiger partial charge in [0.2, 0.25) is 0 Å². The quantitative estimate of drug-likeness (QED) is 0.172. The van der Waals surface area contributed by atoms with Crippen LogP contribution >= 0.6 is 11.3 Å². The molecule has 0 N–H and O–H groups in total. The van der Waals surface area contributed by atoms with Crippen molar-refractivity contribution in [2.24, 2.45) is 0 Å². The number of hydrogen-bond acceptors (Lipinski definition) is 3. The zero-order valence-corrected chi connectivity index (χ0v) is 29.4. The highest BCUT2D eigenvalue weighted by Crippen LogP contribution is 2.41. The van der Waals surface area contributed by atoms with E-state index in [1.165, 1.54) is 69.5 Å². The van der Waals surface area contributed by atoms with Crippen LogP contribution in [0, 0.1) is 0 Å². The summed E-state index contributed by atoms with van der Waals surface area (Å²) in [6.45, 7) is 0. The van der Waals surface area contributed by atoms with Gasteiger partial charge in [-0.05, 0) is 79.2 Å². The first-order chi connectivity index (χ1) is 26.2. The van der Waals surface area contributed by atoms with Crippen molar-refractivity contribution in [3.05, 3.63) is 182 Å². The fourth-order valence-electron chi connectivity index (χ4n) is 8.04. The van der Waals surface area contributed by atoms with E-state index >= 15 is 0 Å². The Bertz CT molecular complexity index is 3190. The van der Waals surface area contributed by atoms with Crippen molar-refractivity contribution in [2.45, 2.75) is 0 Å². The smallest absolute Gasteiger partial charge is 0.0979 e. The predicted molar refractivity (Wildman–Crippen MR) is 227 cm³/mol. The van der Waals surface area contributed by atoms with Crippen LogP contribution in [0.15, 0.2) is 182 Å². The standard InChI is InChI=1S/C50H30N2S/c1-3-14-43-40(11-1)41-12-2-4-15-44(41)49-48(43)51-30-46(52-49)38-10-7-9-33(29-38)31-19-21-32(22-20-31)34-23-24-36-28-37(26-25-35(36)27-34)39-16-8-17-45-42-13-5-6-18-47(42)53-50(39)45/h1-30H. The Labute approximate surface area is 310 Å². The van der Waals surface area contributed by atoms with Gasteiger partial charge in [0.1, 0.15) is 0 Å². The number of thiophene rings is 1. The van der Waals surface area contributed by atoms with Gasteiger partial charge in [-0.2, -0.15) is 0 Å². The minimum absolute atomic E-state index is 0.872. The molecule has 3 heteroatoms. The number of rotatable bonds is 4. The van der Waals surface area contributed by atoms with Crippen molar-refractivity contribution < 1.29 is 0 Å². The minimum atomic E-state index is 0.872. The first kappa shape index (κ1) is 30.0. The molecule has 246 valence electrons. The van der Waals surface area contributed by atoms with Gasteiger partial charge in [-0.25, -0.2) is 4.98 Å². The second-order valence-corrected chi connectivity index (χ2v) is 14.8. The van der Waals surface area contributed by atoms with Gasteiger partial charge in [0.05, 0.1) is 22.9 Å². The van der Waals surface area contributed by atoms with Crippen molar-refractivity contribution in [1.82, 2.24) is 9.97 Å². The molecule has 0 aliphatic heterocycles. The number of fused-ring (bicyclic) bond motifs is 10. The summed E-state index contributed by atoms with van der Waals surface area (Å²) in [5, 5.41) is 9.82. The average Bonchev–Trinajstić information content (AvgIpc) is 3.62. The van der Waals surface area contributed by atoms with Crippen molar-refractivity contribution in [1.29, 1.82) is 0 Å². The van der Waals surface area contributed by atoms with E-state index in [1.54, 1.807) is 0 Å². The van der Waals surface area contributed by atoms with E-state index in [-0.39, 0.29) is 0 Å². The van der Waals surface area contributed by atoms with Crippen LogP contribution in [0.25, 0.3) is 108 Å². The Hall–Kier alpha value is -6.68. The first-order valence-corrected chi connectivity index (χ1v) is 18.8. The van der Waals surface area contributed by atoms with Crippen LogP contribution in [-0.4, -0.2) is 9.97 Å². The summed E-state index contributed by atoms with van der Waals surface area (Å²) in [5.74, 6) is 0. The lowest BCUT2D eigenvalue weighted by Gasteiger charge is -2.11. The van der Waals surface area contributed by atoms with E-state index in [0.717, 1.165) is 38.6 Å². The van der Waals surface area contributed by atoms with Gasteiger partial charge in [-0.1, -0.05) is 152 Å². The predicted octanol–water partition coefficient (Wildman–Crippen LogP) is 14.1. The zero-order valence-electron chi connectivity index (χ0n) is 28.6. The van der Waals surface area contributed by atoms with Crippen molar-refractivity contribution in [3.63, 3.8) is 0 Å². The molecule has 11 aromatic rings. The summed E-state index contributed by atoms with van der Waals surface area (Å²) in [6.07, 6.45) is 1.92. The fourth-order valence-corrected chi connectivity index (χ4v) is 9.28. The molecule has 0 amide bonds. The molecule has 0 spiro atoms. The zero-order chi connectivity index (χ0) is 34.9. The molecule has 0 saturated carbocycles. The van der Waals surface area contributed by atoms with E-state index in [0.29, 0.717) is 0 Å². The monoisotopic (exact) mass is 690 g/mol. The SMILES string of the molecule is c1cc(-c2ccc(-c3ccc4cc(-c5cccc6c5sc5ccccc56)ccc4c3)cc2)cc(-c2cnc3c4ccccc4c4ccccc4c3n2)c1. The minimum Gasteiger partial charge on any atom is -0.252 e. The van der Waals surface area contributed by atoms with Crippen LogP contribution in [-0.2, 0) is 0 Å². The highest BCUT2D eigenvalue weighted by atomic mass is 32.1. The molecule has 0 radical (unpaired) electrons. The Balaban J connectivity index is 0.904. The summed E-state index contributed by atoms with van der Waals surface area (Å²) in [7, 11) is 0. The molecule has 2 nitrogen and oxygen atoms in total. The summed E-state index contributed by atoms with van der Waals surface area (Å²) in [6, 6.07) is 63.6. The van der Waals surface area contributed by atoms with E-state index < -0.39 is 0 Å². The lowest BCUT2D eigenvalue weighted by Crippen LogP contribution is -1.92. The lowest BCUT2D eigenvalue weighted by atomic mass is 9.95. The largest absolute Gasteiger partial charge is 0.252 e. The van der Waals surface area contributed by atoms with Crippen LogP contribution in [0.5, 0.6) is 0 Å². The van der Waals surface area contributed by atoms with Gasteiger partial charge in [0.15, 0.2) is 0 Å². The molecule has 11 rings (SSSR count). The van der Waals surface area contributed by atoms with Crippen molar-refractivity contribution >= 4 is 74.9 Å². The highest BCUT2D eigenvalue weighted by molar-refractivity contribution is 7.26. The first-order valence-electron chi connectivity index (χ1n) is 18.0. The molecular formula is C50H30N2S. The number of benzene rings is 9. The van der Waals surface area contributed by atoms with Crippen molar-refractivity contribution in [2.75, 3.05) is 0 Å². The van der Waals surface area contributed by atoms with Gasteiger partial charge < -0.3 is 0 Å². The molecule has 2 heterocycles. The Morgan fingerprint density at radius 3 is 1.66 bits per heavy atom. The molecule has 0 fully saturated rings. The third-order valence-corrected chi connectivity index (χ3v) is 11.9. The van der Waals surface area contributed by atoms with E-state index in [9.17, 15) is 0 Å². The summed E-state index contributed by atoms with van der Waals surface area (Å²) in [5.41, 5.74) is 11.1. The van der Waals surface area contributed by atoms with Crippen LogP contribution in [0.2, 0.25) is 0 Å². The second-order valence-electron chi connectivity index (χ2n) is 13.8. The molecule has 53 heavy (non-hydrogen) atoms. The maximum atomic E-state index is 5.22. The Kier molecular flexibility index (Phi) is 6.76. The molecule has 0 aliphatic carbocycles. The third kappa shape index (κ3) is 4.93. The number of aromatic nitrogens is 2.